The van der Waals surface area contributed by atoms with Gasteiger partial charge in [0.25, 0.3) is 5.89 Å². The molecule has 17 heavy (non-hydrogen) atoms. The lowest BCUT2D eigenvalue weighted by molar-refractivity contribution is 0.462. The predicted molar refractivity (Wildman–Crippen MR) is 63.6 cm³/mol. The molecule has 0 fully saturated rings. The number of nitrogens with zero attached hydrogens (tertiary/aromatic N) is 2. The van der Waals surface area contributed by atoms with Crippen LogP contribution in [0.25, 0.3) is 11.7 Å². The van der Waals surface area contributed by atoms with Crippen LogP contribution < -0.4 is 5.32 Å². The zero-order valence-electron chi connectivity index (χ0n) is 10.4. The van der Waals surface area contributed by atoms with Crippen LogP contribution in [0, 0.1) is 6.92 Å². The largest absolute Gasteiger partial charge is 0.456 e. The zero-order valence-corrected chi connectivity index (χ0v) is 10.4. The van der Waals surface area contributed by atoms with Crippen LogP contribution in [0.2, 0.25) is 0 Å². The minimum absolute atomic E-state index is 0.442. The molecule has 1 N–H and O–H groups in total. The minimum atomic E-state index is 0.442. The van der Waals surface area contributed by atoms with E-state index in [1.807, 2.05) is 19.1 Å². The normalized spacial score (nSPS) is 11.3. The molecule has 0 amide bonds. The highest BCUT2D eigenvalue weighted by molar-refractivity contribution is 5.43. The van der Waals surface area contributed by atoms with Crippen molar-refractivity contribution in [2.45, 2.75) is 33.2 Å². The second-order valence-corrected chi connectivity index (χ2v) is 4.27. The van der Waals surface area contributed by atoms with Crippen LogP contribution in [0.1, 0.15) is 25.5 Å². The molecule has 0 bridgehead atoms. The molecule has 0 atom stereocenters. The third-order valence-corrected chi connectivity index (χ3v) is 2.31. The lowest BCUT2D eigenvalue weighted by Crippen LogP contribution is -2.25. The van der Waals surface area contributed by atoms with E-state index < -0.39 is 0 Å². The standard InChI is InChI=1S/C12H17N3O2/c1-8(2)13-7-6-11-14-15-12(17-11)10-5-4-9(3)16-10/h4-5,8,13H,6-7H2,1-3H3. The van der Waals surface area contributed by atoms with E-state index in [1.54, 1.807) is 0 Å². The summed E-state index contributed by atoms with van der Waals surface area (Å²) in [5.41, 5.74) is 0. The molecule has 0 unspecified atom stereocenters. The predicted octanol–water partition coefficient (Wildman–Crippen LogP) is 2.18. The minimum Gasteiger partial charge on any atom is -0.456 e. The van der Waals surface area contributed by atoms with Crippen molar-refractivity contribution >= 4 is 0 Å². The highest BCUT2D eigenvalue weighted by Gasteiger charge is 2.11. The van der Waals surface area contributed by atoms with E-state index in [0.717, 1.165) is 18.7 Å². The first-order chi connectivity index (χ1) is 8.15. The highest BCUT2D eigenvalue weighted by atomic mass is 16.4. The Labute approximate surface area is 100 Å². The fraction of sp³-hybridized carbons (Fsp3) is 0.500. The monoisotopic (exact) mass is 235 g/mol. The Morgan fingerprint density at radius 3 is 2.71 bits per heavy atom. The number of aryl methyl sites for hydroxylation is 1. The molecule has 5 heteroatoms. The van der Waals surface area contributed by atoms with Crippen LogP contribution in [-0.2, 0) is 6.42 Å². The molecular weight excluding hydrogens is 218 g/mol. The van der Waals surface area contributed by atoms with Gasteiger partial charge in [-0.25, -0.2) is 0 Å². The first kappa shape index (κ1) is 11.9. The van der Waals surface area contributed by atoms with E-state index in [9.17, 15) is 0 Å². The maximum Gasteiger partial charge on any atom is 0.283 e. The number of furan rings is 1. The van der Waals surface area contributed by atoms with Gasteiger partial charge in [-0.1, -0.05) is 13.8 Å². The molecule has 0 aliphatic heterocycles. The molecule has 2 heterocycles. The summed E-state index contributed by atoms with van der Waals surface area (Å²) in [7, 11) is 0. The molecule has 0 saturated heterocycles. The Morgan fingerprint density at radius 2 is 2.06 bits per heavy atom. The molecule has 0 saturated carbocycles. The molecule has 0 radical (unpaired) electrons. The van der Waals surface area contributed by atoms with Crippen molar-refractivity contribution in [2.24, 2.45) is 0 Å². The molecule has 92 valence electrons. The van der Waals surface area contributed by atoms with E-state index >= 15 is 0 Å². The van der Waals surface area contributed by atoms with Gasteiger partial charge in [0.1, 0.15) is 5.76 Å². The third-order valence-electron chi connectivity index (χ3n) is 2.31. The summed E-state index contributed by atoms with van der Waals surface area (Å²) < 4.78 is 10.9. The first-order valence-corrected chi connectivity index (χ1v) is 5.77. The Kier molecular flexibility index (Phi) is 3.58. The number of hydrogen-bond donors (Lipinski definition) is 1. The van der Waals surface area contributed by atoms with Crippen LogP contribution in [0.5, 0.6) is 0 Å². The van der Waals surface area contributed by atoms with Crippen molar-refractivity contribution in [2.75, 3.05) is 6.54 Å². The van der Waals surface area contributed by atoms with Crippen molar-refractivity contribution in [1.82, 2.24) is 15.5 Å². The van der Waals surface area contributed by atoms with Gasteiger partial charge in [-0.05, 0) is 19.1 Å². The molecular formula is C12H17N3O2. The van der Waals surface area contributed by atoms with E-state index in [-0.39, 0.29) is 0 Å². The summed E-state index contributed by atoms with van der Waals surface area (Å²) >= 11 is 0. The quantitative estimate of drug-likeness (QED) is 0.860. The summed E-state index contributed by atoms with van der Waals surface area (Å²) in [5, 5.41) is 11.2. The summed E-state index contributed by atoms with van der Waals surface area (Å²) in [4.78, 5) is 0. The van der Waals surface area contributed by atoms with Crippen molar-refractivity contribution in [3.8, 4) is 11.7 Å². The van der Waals surface area contributed by atoms with Crippen molar-refractivity contribution in [1.29, 1.82) is 0 Å². The van der Waals surface area contributed by atoms with E-state index in [0.29, 0.717) is 23.6 Å². The van der Waals surface area contributed by atoms with Gasteiger partial charge in [0.15, 0.2) is 5.76 Å². The fourth-order valence-electron chi connectivity index (χ4n) is 1.47. The van der Waals surface area contributed by atoms with Gasteiger partial charge in [0.05, 0.1) is 0 Å². The van der Waals surface area contributed by atoms with Gasteiger partial charge in [-0.15, -0.1) is 10.2 Å². The number of rotatable bonds is 5. The Hall–Kier alpha value is -1.62. The highest BCUT2D eigenvalue weighted by Crippen LogP contribution is 2.20. The van der Waals surface area contributed by atoms with Gasteiger partial charge in [-0.2, -0.15) is 0 Å². The molecule has 2 aromatic heterocycles. The van der Waals surface area contributed by atoms with E-state index in [2.05, 4.69) is 29.4 Å². The van der Waals surface area contributed by atoms with Crippen LogP contribution >= 0.6 is 0 Å². The molecule has 2 rings (SSSR count). The molecule has 0 spiro atoms. The fourth-order valence-corrected chi connectivity index (χ4v) is 1.47. The summed E-state index contributed by atoms with van der Waals surface area (Å²) in [6.45, 7) is 6.92. The van der Waals surface area contributed by atoms with Gasteiger partial charge in [0, 0.05) is 19.0 Å². The SMILES string of the molecule is Cc1ccc(-c2nnc(CCNC(C)C)o2)o1. The average molecular weight is 235 g/mol. The van der Waals surface area contributed by atoms with E-state index in [4.69, 9.17) is 8.83 Å². The van der Waals surface area contributed by atoms with Crippen LogP contribution in [0.15, 0.2) is 21.0 Å². The lowest BCUT2D eigenvalue weighted by atomic mass is 10.3. The molecule has 0 aliphatic rings. The number of nitrogens with one attached hydrogen (secondary N) is 1. The van der Waals surface area contributed by atoms with Crippen LogP contribution in [-0.4, -0.2) is 22.8 Å². The molecule has 0 aromatic carbocycles. The second-order valence-electron chi connectivity index (χ2n) is 4.27. The van der Waals surface area contributed by atoms with Crippen molar-refractivity contribution < 1.29 is 8.83 Å². The Bertz CT molecular complexity index is 474. The second kappa shape index (κ2) is 5.14. The smallest absolute Gasteiger partial charge is 0.283 e. The van der Waals surface area contributed by atoms with Crippen LogP contribution in [0.3, 0.4) is 0 Å². The Balaban J connectivity index is 1.96. The molecule has 2 aromatic rings. The van der Waals surface area contributed by atoms with Gasteiger partial charge >= 0.3 is 0 Å². The molecule has 0 aliphatic carbocycles. The molecule has 5 nitrogen and oxygen atoms in total. The summed E-state index contributed by atoms with van der Waals surface area (Å²) in [6.07, 6.45) is 0.727. The zero-order chi connectivity index (χ0) is 12.3. The van der Waals surface area contributed by atoms with Crippen molar-refractivity contribution in [3.63, 3.8) is 0 Å². The lowest BCUT2D eigenvalue weighted by Gasteiger charge is -2.04. The Morgan fingerprint density at radius 1 is 1.24 bits per heavy atom. The summed E-state index contributed by atoms with van der Waals surface area (Å²) in [5.74, 6) is 2.53. The van der Waals surface area contributed by atoms with Gasteiger partial charge in [0.2, 0.25) is 5.89 Å². The topological polar surface area (TPSA) is 64.1 Å². The number of aromatic nitrogens is 2. The number of hydrogen-bond acceptors (Lipinski definition) is 5. The van der Waals surface area contributed by atoms with Gasteiger partial charge < -0.3 is 14.2 Å². The first-order valence-electron chi connectivity index (χ1n) is 5.77. The average Bonchev–Trinajstić information content (AvgIpc) is 2.86. The summed E-state index contributed by atoms with van der Waals surface area (Å²) in [6, 6.07) is 4.17. The maximum absolute atomic E-state index is 5.51. The van der Waals surface area contributed by atoms with Crippen molar-refractivity contribution in [3.05, 3.63) is 23.8 Å². The maximum atomic E-state index is 5.51. The van der Waals surface area contributed by atoms with Gasteiger partial charge in [-0.3, -0.25) is 0 Å². The third kappa shape index (κ3) is 3.17. The van der Waals surface area contributed by atoms with Crippen LogP contribution in [0.4, 0.5) is 0 Å². The van der Waals surface area contributed by atoms with E-state index in [1.165, 1.54) is 0 Å².